The van der Waals surface area contributed by atoms with Gasteiger partial charge in [0.05, 0.1) is 0 Å². The molecule has 1 aliphatic rings. The van der Waals surface area contributed by atoms with Crippen LogP contribution in [0.25, 0.3) is 0 Å². The molecule has 0 aromatic carbocycles. The highest BCUT2D eigenvalue weighted by molar-refractivity contribution is 5.94. The summed E-state index contributed by atoms with van der Waals surface area (Å²) in [6, 6.07) is 1.90. The fourth-order valence-electron chi connectivity index (χ4n) is 2.56. The number of rotatable bonds is 5. The molecule has 3 rings (SSSR count). The summed E-state index contributed by atoms with van der Waals surface area (Å²) in [4.78, 5) is 12.2. The highest BCUT2D eigenvalue weighted by Crippen LogP contribution is 2.15. The fourth-order valence-corrected chi connectivity index (χ4v) is 2.56. The van der Waals surface area contributed by atoms with Crippen LogP contribution >= 0.6 is 0 Å². The molecular weight excluding hydrogens is 268 g/mol. The van der Waals surface area contributed by atoms with Crippen LogP contribution in [-0.4, -0.2) is 39.0 Å². The molecule has 3 N–H and O–H groups in total. The van der Waals surface area contributed by atoms with Gasteiger partial charge in [0, 0.05) is 56.3 Å². The Morgan fingerprint density at radius 3 is 3.29 bits per heavy atom. The minimum Gasteiger partial charge on any atom is -0.350 e. The molecule has 1 atom stereocenters. The van der Waals surface area contributed by atoms with E-state index in [0.29, 0.717) is 24.7 Å². The number of hydrogen-bond donors (Lipinski definition) is 3. The number of H-pyrrole nitrogens is 1. The van der Waals surface area contributed by atoms with Gasteiger partial charge < -0.3 is 10.6 Å². The Balaban J connectivity index is 1.55. The molecular formula is C14H20N6O. The van der Waals surface area contributed by atoms with Crippen molar-refractivity contribution in [2.45, 2.75) is 26.4 Å². The number of aromatic amines is 1. The fraction of sp³-hybridized carbons (Fsp3) is 0.500. The average molecular weight is 288 g/mol. The molecule has 7 heteroatoms. The minimum atomic E-state index is -0.108. The van der Waals surface area contributed by atoms with Gasteiger partial charge in [-0.2, -0.15) is 10.2 Å². The third-order valence-electron chi connectivity index (χ3n) is 3.69. The van der Waals surface area contributed by atoms with E-state index in [-0.39, 0.29) is 5.91 Å². The van der Waals surface area contributed by atoms with Gasteiger partial charge in [0.1, 0.15) is 0 Å². The number of amides is 1. The quantitative estimate of drug-likeness (QED) is 0.739. The van der Waals surface area contributed by atoms with Crippen molar-refractivity contribution in [3.63, 3.8) is 0 Å². The first kappa shape index (κ1) is 13.8. The summed E-state index contributed by atoms with van der Waals surface area (Å²) >= 11 is 0. The molecule has 0 aliphatic carbocycles. The maximum atomic E-state index is 12.2. The van der Waals surface area contributed by atoms with Crippen LogP contribution in [0.4, 0.5) is 0 Å². The van der Waals surface area contributed by atoms with Crippen LogP contribution in [0, 0.1) is 5.92 Å². The summed E-state index contributed by atoms with van der Waals surface area (Å²) in [6.45, 7) is 5.11. The van der Waals surface area contributed by atoms with E-state index < -0.39 is 0 Å². The number of hydrogen-bond acceptors (Lipinski definition) is 4. The molecule has 1 aliphatic heterocycles. The van der Waals surface area contributed by atoms with Crippen LogP contribution in [0.15, 0.2) is 18.5 Å². The monoisotopic (exact) mass is 288 g/mol. The number of nitrogens with zero attached hydrogens (tertiary/aromatic N) is 3. The van der Waals surface area contributed by atoms with Crippen LogP contribution in [0.3, 0.4) is 0 Å². The van der Waals surface area contributed by atoms with Gasteiger partial charge in [-0.3, -0.25) is 14.6 Å². The average Bonchev–Trinajstić information content (AvgIpc) is 3.13. The van der Waals surface area contributed by atoms with Crippen molar-refractivity contribution >= 4 is 5.91 Å². The number of nitrogens with one attached hydrogen (secondary N) is 3. The molecule has 0 bridgehead atoms. The minimum absolute atomic E-state index is 0.108. The van der Waals surface area contributed by atoms with Gasteiger partial charge in [-0.1, -0.05) is 6.92 Å². The van der Waals surface area contributed by atoms with Crippen LogP contribution in [0.5, 0.6) is 0 Å². The molecule has 21 heavy (non-hydrogen) atoms. The van der Waals surface area contributed by atoms with Crippen LogP contribution in [0.1, 0.15) is 28.7 Å². The molecule has 7 nitrogen and oxygen atoms in total. The second kappa shape index (κ2) is 6.09. The van der Waals surface area contributed by atoms with Gasteiger partial charge in [-0.15, -0.1) is 0 Å². The van der Waals surface area contributed by atoms with Crippen molar-refractivity contribution in [2.75, 3.05) is 13.1 Å². The van der Waals surface area contributed by atoms with Crippen molar-refractivity contribution in [1.82, 2.24) is 30.6 Å². The van der Waals surface area contributed by atoms with E-state index in [0.717, 1.165) is 30.8 Å². The lowest BCUT2D eigenvalue weighted by molar-refractivity contribution is 0.0940. The first-order chi connectivity index (χ1) is 10.2. The zero-order chi connectivity index (χ0) is 14.7. The smallest absolute Gasteiger partial charge is 0.272 e. The summed E-state index contributed by atoms with van der Waals surface area (Å²) in [5, 5.41) is 17.5. The second-order valence-electron chi connectivity index (χ2n) is 5.50. The largest absolute Gasteiger partial charge is 0.350 e. The SMILES string of the molecule is CC(CNC(=O)c1n[nH]c2c1CNCC2)Cn1cccn1. The first-order valence-corrected chi connectivity index (χ1v) is 7.26. The van der Waals surface area contributed by atoms with E-state index in [1.165, 1.54) is 0 Å². The second-order valence-corrected chi connectivity index (χ2v) is 5.50. The van der Waals surface area contributed by atoms with Crippen LogP contribution < -0.4 is 10.6 Å². The van der Waals surface area contributed by atoms with E-state index in [4.69, 9.17) is 0 Å². The van der Waals surface area contributed by atoms with E-state index in [9.17, 15) is 4.79 Å². The van der Waals surface area contributed by atoms with Crippen molar-refractivity contribution in [3.05, 3.63) is 35.4 Å². The van der Waals surface area contributed by atoms with Crippen molar-refractivity contribution < 1.29 is 4.79 Å². The Morgan fingerprint density at radius 1 is 1.57 bits per heavy atom. The van der Waals surface area contributed by atoms with E-state index >= 15 is 0 Å². The Morgan fingerprint density at radius 2 is 2.48 bits per heavy atom. The zero-order valence-electron chi connectivity index (χ0n) is 12.1. The maximum Gasteiger partial charge on any atom is 0.272 e. The molecule has 0 fully saturated rings. The summed E-state index contributed by atoms with van der Waals surface area (Å²) < 4.78 is 1.87. The Hall–Kier alpha value is -2.15. The predicted octanol–water partition coefficient (Wildman–Crippen LogP) is 0.318. The topological polar surface area (TPSA) is 87.6 Å². The summed E-state index contributed by atoms with van der Waals surface area (Å²) in [7, 11) is 0. The third-order valence-corrected chi connectivity index (χ3v) is 3.69. The lowest BCUT2D eigenvalue weighted by atomic mass is 10.1. The van der Waals surface area contributed by atoms with E-state index in [1.807, 2.05) is 16.9 Å². The molecule has 1 amide bonds. The zero-order valence-corrected chi connectivity index (χ0v) is 12.1. The van der Waals surface area contributed by atoms with Crippen molar-refractivity contribution in [3.8, 4) is 0 Å². The first-order valence-electron chi connectivity index (χ1n) is 7.26. The number of carbonyl (C=O) groups is 1. The molecule has 3 heterocycles. The van der Waals surface area contributed by atoms with Gasteiger partial charge in [0.25, 0.3) is 5.91 Å². The molecule has 2 aromatic heterocycles. The standard InChI is InChI=1S/C14H20N6O/c1-10(9-20-6-2-4-17-20)7-16-14(21)13-11-8-15-5-3-12(11)18-19-13/h2,4,6,10,15H,3,5,7-9H2,1H3,(H,16,21)(H,18,19). The van der Waals surface area contributed by atoms with Crippen molar-refractivity contribution in [1.29, 1.82) is 0 Å². The molecule has 2 aromatic rings. The summed E-state index contributed by atoms with van der Waals surface area (Å²) in [6.07, 6.45) is 4.58. The molecule has 0 radical (unpaired) electrons. The highest BCUT2D eigenvalue weighted by atomic mass is 16.1. The summed E-state index contributed by atoms with van der Waals surface area (Å²) in [5.74, 6) is 0.199. The molecule has 0 spiro atoms. The number of aromatic nitrogens is 4. The molecule has 0 saturated heterocycles. The van der Waals surface area contributed by atoms with Gasteiger partial charge in [-0.05, 0) is 12.0 Å². The number of carbonyl (C=O) groups excluding carboxylic acids is 1. The Bertz CT molecular complexity index is 603. The van der Waals surface area contributed by atoms with Gasteiger partial charge in [0.2, 0.25) is 0 Å². The maximum absolute atomic E-state index is 12.2. The van der Waals surface area contributed by atoms with Gasteiger partial charge >= 0.3 is 0 Å². The lowest BCUT2D eigenvalue weighted by Crippen LogP contribution is -2.32. The lowest BCUT2D eigenvalue weighted by Gasteiger charge is -2.14. The molecule has 0 saturated carbocycles. The summed E-state index contributed by atoms with van der Waals surface area (Å²) in [5.41, 5.74) is 2.59. The van der Waals surface area contributed by atoms with E-state index in [2.05, 4.69) is 32.9 Å². The van der Waals surface area contributed by atoms with Gasteiger partial charge in [-0.25, -0.2) is 0 Å². The Kier molecular flexibility index (Phi) is 4.01. The van der Waals surface area contributed by atoms with Gasteiger partial charge in [0.15, 0.2) is 5.69 Å². The van der Waals surface area contributed by atoms with Crippen molar-refractivity contribution in [2.24, 2.45) is 5.92 Å². The molecule has 112 valence electrons. The van der Waals surface area contributed by atoms with E-state index in [1.54, 1.807) is 6.20 Å². The highest BCUT2D eigenvalue weighted by Gasteiger charge is 2.21. The predicted molar refractivity (Wildman–Crippen MR) is 77.7 cm³/mol. The third kappa shape index (κ3) is 3.13. The van der Waals surface area contributed by atoms with Crippen LogP contribution in [-0.2, 0) is 19.5 Å². The van der Waals surface area contributed by atoms with Crippen LogP contribution in [0.2, 0.25) is 0 Å². The normalized spacial score (nSPS) is 15.5. The molecule has 1 unspecified atom stereocenters. The number of fused-ring (bicyclic) bond motifs is 1. The Labute approximate surface area is 123 Å².